The highest BCUT2D eigenvalue weighted by Gasteiger charge is 2.64. The van der Waals surface area contributed by atoms with E-state index in [1.54, 1.807) is 6.07 Å². The van der Waals surface area contributed by atoms with Gasteiger partial charge >= 0.3 is 6.18 Å². The number of halogens is 3. The summed E-state index contributed by atoms with van der Waals surface area (Å²) in [6.45, 7) is 2.47. The summed E-state index contributed by atoms with van der Waals surface area (Å²) in [5.41, 5.74) is -3.75. The molecule has 2 fully saturated rings. The summed E-state index contributed by atoms with van der Waals surface area (Å²) in [5.74, 6) is -1.14. The maximum absolute atomic E-state index is 13.9. The van der Waals surface area contributed by atoms with E-state index in [-0.39, 0.29) is 5.56 Å². The summed E-state index contributed by atoms with van der Waals surface area (Å²) >= 11 is 0. The van der Waals surface area contributed by atoms with Crippen LogP contribution in [-0.2, 0) is 15.1 Å². The minimum absolute atomic E-state index is 0.211. The number of alkyl halides is 3. The minimum atomic E-state index is -4.86. The van der Waals surface area contributed by atoms with E-state index in [1.165, 1.54) is 24.3 Å². The van der Waals surface area contributed by atoms with Crippen molar-refractivity contribution in [2.75, 3.05) is 26.7 Å². The standard InChI is InChI=1S/C17H21F3N2O2/c1-24-16(17(18,19)20,13-6-3-2-4-7-13)14(23)21-15(8-9-15)12-22-10-5-11-22/h2-4,6-7H,5,8-12H2,1H3,(H,21,23)/t16-/m1/s1. The van der Waals surface area contributed by atoms with Gasteiger partial charge in [0.2, 0.25) is 0 Å². The first-order chi connectivity index (χ1) is 11.3. The first-order valence-corrected chi connectivity index (χ1v) is 8.05. The number of likely N-dealkylation sites (tertiary alicyclic amines) is 1. The maximum Gasteiger partial charge on any atom is 0.430 e. The van der Waals surface area contributed by atoms with Gasteiger partial charge in [0.05, 0.1) is 5.54 Å². The Hall–Kier alpha value is -1.60. The van der Waals surface area contributed by atoms with Gasteiger partial charge in [-0.25, -0.2) is 0 Å². The molecule has 1 amide bonds. The molecule has 0 radical (unpaired) electrons. The van der Waals surface area contributed by atoms with Gasteiger partial charge in [0.25, 0.3) is 11.5 Å². The van der Waals surface area contributed by atoms with Crippen molar-refractivity contribution in [1.29, 1.82) is 0 Å². The molecule has 1 N–H and O–H groups in total. The SMILES string of the molecule is CO[C@@](C(=O)NC1(CN2CCC2)CC1)(c1ccccc1)C(F)(F)F. The van der Waals surface area contributed by atoms with Gasteiger partial charge in [-0.3, -0.25) is 4.79 Å². The average molecular weight is 342 g/mol. The monoisotopic (exact) mass is 342 g/mol. The zero-order chi connectivity index (χ0) is 17.4. The number of benzene rings is 1. The number of rotatable bonds is 6. The molecule has 1 saturated carbocycles. The lowest BCUT2D eigenvalue weighted by Crippen LogP contribution is -2.60. The number of carbonyl (C=O) groups is 1. The molecule has 132 valence electrons. The molecule has 7 heteroatoms. The van der Waals surface area contributed by atoms with Crippen LogP contribution in [0.5, 0.6) is 0 Å². The van der Waals surface area contributed by atoms with E-state index in [0.29, 0.717) is 19.4 Å². The molecule has 2 aliphatic rings. The number of hydrogen-bond acceptors (Lipinski definition) is 3. The lowest BCUT2D eigenvalue weighted by Gasteiger charge is -2.38. The lowest BCUT2D eigenvalue weighted by molar-refractivity contribution is -0.266. The van der Waals surface area contributed by atoms with E-state index in [0.717, 1.165) is 26.6 Å². The van der Waals surface area contributed by atoms with E-state index >= 15 is 0 Å². The van der Waals surface area contributed by atoms with E-state index in [1.807, 2.05) is 0 Å². The zero-order valence-corrected chi connectivity index (χ0v) is 13.5. The number of nitrogens with one attached hydrogen (secondary N) is 1. The largest absolute Gasteiger partial charge is 0.430 e. The van der Waals surface area contributed by atoms with E-state index in [9.17, 15) is 18.0 Å². The predicted octanol–water partition coefficient (Wildman–Crippen LogP) is 2.45. The quantitative estimate of drug-likeness (QED) is 0.863. The highest BCUT2D eigenvalue weighted by Crippen LogP contribution is 2.44. The molecule has 0 unspecified atom stereocenters. The summed E-state index contributed by atoms with van der Waals surface area (Å²) in [6.07, 6.45) is -2.37. The fourth-order valence-corrected chi connectivity index (χ4v) is 3.19. The highest BCUT2D eigenvalue weighted by molar-refractivity contribution is 5.88. The van der Waals surface area contributed by atoms with Crippen LogP contribution < -0.4 is 5.32 Å². The fraction of sp³-hybridized carbons (Fsp3) is 0.588. The van der Waals surface area contributed by atoms with Crippen LogP contribution in [0.1, 0.15) is 24.8 Å². The Bertz CT molecular complexity index is 598. The minimum Gasteiger partial charge on any atom is -0.356 e. The normalized spacial score (nSPS) is 22.3. The summed E-state index contributed by atoms with van der Waals surface area (Å²) in [5, 5.41) is 2.64. The maximum atomic E-state index is 13.9. The molecule has 1 aromatic carbocycles. The predicted molar refractivity (Wildman–Crippen MR) is 82.3 cm³/mol. The fourth-order valence-electron chi connectivity index (χ4n) is 3.19. The second-order valence-electron chi connectivity index (χ2n) is 6.61. The van der Waals surface area contributed by atoms with Crippen LogP contribution in [-0.4, -0.2) is 49.3 Å². The van der Waals surface area contributed by atoms with Crippen molar-refractivity contribution in [3.05, 3.63) is 35.9 Å². The first-order valence-electron chi connectivity index (χ1n) is 8.05. The van der Waals surface area contributed by atoms with Crippen molar-refractivity contribution in [2.45, 2.75) is 36.6 Å². The Morgan fingerprint density at radius 1 is 1.25 bits per heavy atom. The molecule has 3 rings (SSSR count). The number of nitrogens with zero attached hydrogens (tertiary/aromatic N) is 1. The molecule has 4 nitrogen and oxygen atoms in total. The third-order valence-electron chi connectivity index (χ3n) is 4.91. The van der Waals surface area contributed by atoms with Crippen molar-refractivity contribution in [3.63, 3.8) is 0 Å². The van der Waals surface area contributed by atoms with Gasteiger partial charge in [0.1, 0.15) is 0 Å². The molecule has 24 heavy (non-hydrogen) atoms. The summed E-state index contributed by atoms with van der Waals surface area (Å²) in [4.78, 5) is 14.9. The molecule has 1 aliphatic carbocycles. The van der Waals surface area contributed by atoms with Crippen molar-refractivity contribution in [2.24, 2.45) is 0 Å². The molecule has 0 spiro atoms. The number of carbonyl (C=O) groups excluding carboxylic acids is 1. The van der Waals surface area contributed by atoms with Crippen LogP contribution in [0.15, 0.2) is 30.3 Å². The molecule has 1 saturated heterocycles. The molecule has 1 heterocycles. The summed E-state index contributed by atoms with van der Waals surface area (Å²) in [6, 6.07) is 7.08. The van der Waals surface area contributed by atoms with Crippen LogP contribution in [0.3, 0.4) is 0 Å². The zero-order valence-electron chi connectivity index (χ0n) is 13.5. The Balaban J connectivity index is 1.87. The van der Waals surface area contributed by atoms with Crippen LogP contribution >= 0.6 is 0 Å². The van der Waals surface area contributed by atoms with Crippen molar-refractivity contribution < 1.29 is 22.7 Å². The third kappa shape index (κ3) is 2.91. The summed E-state index contributed by atoms with van der Waals surface area (Å²) in [7, 11) is 0.926. The van der Waals surface area contributed by atoms with Crippen LogP contribution in [0.4, 0.5) is 13.2 Å². The van der Waals surface area contributed by atoms with Crippen LogP contribution in [0.2, 0.25) is 0 Å². The average Bonchev–Trinajstić information content (AvgIpc) is 3.24. The van der Waals surface area contributed by atoms with Crippen LogP contribution in [0.25, 0.3) is 0 Å². The van der Waals surface area contributed by atoms with Gasteiger partial charge < -0.3 is 15.0 Å². The molecule has 0 bridgehead atoms. The van der Waals surface area contributed by atoms with E-state index in [2.05, 4.69) is 10.2 Å². The van der Waals surface area contributed by atoms with E-state index < -0.39 is 23.2 Å². The van der Waals surface area contributed by atoms with Crippen molar-refractivity contribution in [3.8, 4) is 0 Å². The van der Waals surface area contributed by atoms with Gasteiger partial charge in [0, 0.05) is 19.2 Å². The van der Waals surface area contributed by atoms with Gasteiger partial charge in [0.15, 0.2) is 0 Å². The van der Waals surface area contributed by atoms with Crippen LogP contribution in [0, 0.1) is 0 Å². The Labute approximate surface area is 139 Å². The number of methoxy groups -OCH3 is 1. The molecule has 1 atom stereocenters. The molecular formula is C17H21F3N2O2. The molecular weight excluding hydrogens is 321 g/mol. The Kier molecular flexibility index (Phi) is 4.34. The second-order valence-corrected chi connectivity index (χ2v) is 6.61. The van der Waals surface area contributed by atoms with Crippen molar-refractivity contribution >= 4 is 5.91 Å². The topological polar surface area (TPSA) is 41.6 Å². The second kappa shape index (κ2) is 6.04. The van der Waals surface area contributed by atoms with E-state index in [4.69, 9.17) is 4.74 Å². The first kappa shape index (κ1) is 17.2. The Morgan fingerprint density at radius 3 is 2.29 bits per heavy atom. The molecule has 1 aromatic rings. The van der Waals surface area contributed by atoms with Gasteiger partial charge in [-0.15, -0.1) is 0 Å². The number of hydrogen-bond donors (Lipinski definition) is 1. The summed E-state index contributed by atoms with van der Waals surface area (Å²) < 4.78 is 46.4. The molecule has 1 aliphatic heterocycles. The highest BCUT2D eigenvalue weighted by atomic mass is 19.4. The number of ether oxygens (including phenoxy) is 1. The smallest absolute Gasteiger partial charge is 0.356 e. The third-order valence-corrected chi connectivity index (χ3v) is 4.91. The van der Waals surface area contributed by atoms with Crippen molar-refractivity contribution in [1.82, 2.24) is 10.2 Å². The Morgan fingerprint density at radius 2 is 1.88 bits per heavy atom. The van der Waals surface area contributed by atoms with Gasteiger partial charge in [-0.2, -0.15) is 13.2 Å². The lowest BCUT2D eigenvalue weighted by atomic mass is 9.91. The van der Waals surface area contributed by atoms with Gasteiger partial charge in [-0.05, 0) is 32.4 Å². The van der Waals surface area contributed by atoms with Gasteiger partial charge in [-0.1, -0.05) is 30.3 Å². The number of amides is 1. The molecule has 0 aromatic heterocycles.